The quantitative estimate of drug-likeness (QED) is 0.466. The number of carbonyl (C=O) groups is 2. The van der Waals surface area contributed by atoms with E-state index in [1.807, 2.05) is 13.8 Å². The molecule has 3 heteroatoms. The van der Waals surface area contributed by atoms with Gasteiger partial charge in [0.1, 0.15) is 0 Å². The Labute approximate surface area is 110 Å². The van der Waals surface area contributed by atoms with Crippen LogP contribution < -0.4 is 0 Å². The van der Waals surface area contributed by atoms with E-state index in [-0.39, 0.29) is 15.5 Å². The molecule has 2 nitrogen and oxygen atoms in total. The molecule has 0 atom stereocenters. The first-order chi connectivity index (χ1) is 7.60. The Balaban J connectivity index is 2.89. The van der Waals surface area contributed by atoms with Crippen molar-refractivity contribution in [3.8, 4) is 0 Å². The second-order valence-corrected chi connectivity index (χ2v) is 4.71. The topological polar surface area (TPSA) is 34.1 Å². The Morgan fingerprint density at radius 2 is 1.50 bits per heavy atom. The highest BCUT2D eigenvalue weighted by Crippen LogP contribution is 2.17. The molecule has 0 aliphatic carbocycles. The first kappa shape index (κ1) is 13.4. The van der Waals surface area contributed by atoms with Gasteiger partial charge in [-0.05, 0) is 25.0 Å². The molecule has 1 aromatic rings. The predicted molar refractivity (Wildman–Crippen MR) is 73.2 cm³/mol. The lowest BCUT2D eigenvalue weighted by Gasteiger charge is -2.10. The van der Waals surface area contributed by atoms with Gasteiger partial charge in [0, 0.05) is 39.6 Å². The van der Waals surface area contributed by atoms with Crippen molar-refractivity contribution in [3.63, 3.8) is 0 Å². The van der Waals surface area contributed by atoms with E-state index >= 15 is 0 Å². The molecule has 0 aliphatic rings. The van der Waals surface area contributed by atoms with Crippen LogP contribution in [0.1, 0.15) is 47.4 Å². The first-order valence-electron chi connectivity index (χ1n) is 5.44. The van der Waals surface area contributed by atoms with Crippen LogP contribution in [0.5, 0.6) is 0 Å². The van der Waals surface area contributed by atoms with E-state index in [0.717, 1.165) is 12.8 Å². The maximum atomic E-state index is 12.0. The molecule has 0 fully saturated rings. The lowest BCUT2D eigenvalue weighted by Crippen LogP contribution is -2.12. The van der Waals surface area contributed by atoms with E-state index in [9.17, 15) is 9.59 Å². The first-order valence-corrected chi connectivity index (χ1v) is 6.52. The van der Waals surface area contributed by atoms with Crippen LogP contribution in [0.3, 0.4) is 0 Å². The van der Waals surface area contributed by atoms with E-state index < -0.39 is 0 Å². The molecule has 0 heterocycles. The van der Waals surface area contributed by atoms with Gasteiger partial charge in [0.15, 0.2) is 5.78 Å². The molecule has 0 radical (unpaired) electrons. The SMILES string of the molecule is CCC(CC)C(=O)c1ccc(C(=O)I)cc1. The minimum absolute atomic E-state index is 0.000804. The van der Waals surface area contributed by atoms with Gasteiger partial charge >= 0.3 is 0 Å². The number of Topliss-reactive ketones (excluding diaryl/α,β-unsaturated/α-hetero) is 1. The second-order valence-electron chi connectivity index (χ2n) is 3.73. The van der Waals surface area contributed by atoms with Crippen molar-refractivity contribution in [1.82, 2.24) is 0 Å². The summed E-state index contributed by atoms with van der Waals surface area (Å²) in [5.74, 6) is 0.276. The van der Waals surface area contributed by atoms with Crippen molar-refractivity contribution in [2.45, 2.75) is 26.7 Å². The third-order valence-corrected chi connectivity index (χ3v) is 3.38. The minimum Gasteiger partial charge on any atom is -0.294 e. The van der Waals surface area contributed by atoms with Crippen LogP contribution in [-0.2, 0) is 0 Å². The molecule has 0 aromatic heterocycles. The Morgan fingerprint density at radius 1 is 1.06 bits per heavy atom. The third-order valence-electron chi connectivity index (χ3n) is 2.75. The van der Waals surface area contributed by atoms with E-state index in [4.69, 9.17) is 0 Å². The molecule has 0 bridgehead atoms. The number of rotatable bonds is 5. The number of benzene rings is 1. The number of carbonyl (C=O) groups excluding carboxylic acids is 2. The van der Waals surface area contributed by atoms with Crippen molar-refractivity contribution in [2.24, 2.45) is 5.92 Å². The lowest BCUT2D eigenvalue weighted by molar-refractivity contribution is 0.0913. The molecule has 86 valence electrons. The average molecular weight is 330 g/mol. The Hall–Kier alpha value is -0.710. The maximum Gasteiger partial charge on any atom is 0.222 e. The molecule has 0 amide bonds. The van der Waals surface area contributed by atoms with Gasteiger partial charge in [-0.25, -0.2) is 0 Å². The smallest absolute Gasteiger partial charge is 0.222 e. The van der Waals surface area contributed by atoms with Gasteiger partial charge in [-0.15, -0.1) is 0 Å². The van der Waals surface area contributed by atoms with Crippen LogP contribution in [0, 0.1) is 5.92 Å². The van der Waals surface area contributed by atoms with Gasteiger partial charge in [-0.2, -0.15) is 0 Å². The molecule has 0 saturated heterocycles. The fraction of sp³-hybridized carbons (Fsp3) is 0.385. The van der Waals surface area contributed by atoms with Crippen molar-refractivity contribution < 1.29 is 9.59 Å². The Bertz CT molecular complexity index is 377. The molecular formula is C13H15IO2. The maximum absolute atomic E-state index is 12.0. The number of halogens is 1. The monoisotopic (exact) mass is 330 g/mol. The van der Waals surface area contributed by atoms with Crippen molar-refractivity contribution in [3.05, 3.63) is 35.4 Å². The molecule has 0 spiro atoms. The van der Waals surface area contributed by atoms with Crippen LogP contribution in [0.25, 0.3) is 0 Å². The second kappa shape index (κ2) is 6.13. The highest BCUT2D eigenvalue weighted by atomic mass is 127. The van der Waals surface area contributed by atoms with Gasteiger partial charge in [0.2, 0.25) is 3.79 Å². The van der Waals surface area contributed by atoms with Crippen LogP contribution in [0.15, 0.2) is 24.3 Å². The average Bonchev–Trinajstić information content (AvgIpc) is 2.30. The normalized spacial score (nSPS) is 10.5. The van der Waals surface area contributed by atoms with Gasteiger partial charge in [-0.1, -0.05) is 26.0 Å². The summed E-state index contributed by atoms with van der Waals surface area (Å²) in [5.41, 5.74) is 1.34. The largest absolute Gasteiger partial charge is 0.294 e. The molecular weight excluding hydrogens is 315 g/mol. The van der Waals surface area contributed by atoms with E-state index in [2.05, 4.69) is 0 Å². The summed E-state index contributed by atoms with van der Waals surface area (Å²) in [5, 5.41) is 0. The summed E-state index contributed by atoms with van der Waals surface area (Å²) in [6, 6.07) is 6.91. The Morgan fingerprint density at radius 3 is 1.88 bits per heavy atom. The molecule has 0 aliphatic heterocycles. The molecule has 0 saturated carbocycles. The summed E-state index contributed by atoms with van der Waals surface area (Å²) in [6.45, 7) is 4.05. The van der Waals surface area contributed by atoms with Crippen molar-refractivity contribution >= 4 is 32.2 Å². The predicted octanol–water partition coefficient (Wildman–Crippen LogP) is 3.88. The fourth-order valence-corrected chi connectivity index (χ4v) is 2.02. The zero-order chi connectivity index (χ0) is 12.1. The van der Waals surface area contributed by atoms with Gasteiger partial charge in [0.05, 0.1) is 0 Å². The van der Waals surface area contributed by atoms with E-state index in [1.165, 1.54) is 0 Å². The molecule has 0 N–H and O–H groups in total. The van der Waals surface area contributed by atoms with E-state index in [0.29, 0.717) is 11.1 Å². The zero-order valence-electron chi connectivity index (χ0n) is 9.50. The summed E-state index contributed by atoms with van der Waals surface area (Å²) in [4.78, 5) is 23.1. The summed E-state index contributed by atoms with van der Waals surface area (Å²) in [7, 11) is 0. The fourth-order valence-electron chi connectivity index (χ4n) is 1.66. The molecule has 0 unspecified atom stereocenters. The molecule has 1 aromatic carbocycles. The summed E-state index contributed by atoms with van der Waals surface area (Å²) in [6.07, 6.45) is 1.73. The number of ketones is 1. The third kappa shape index (κ3) is 3.14. The van der Waals surface area contributed by atoms with Crippen LogP contribution >= 0.6 is 22.6 Å². The lowest BCUT2D eigenvalue weighted by atomic mass is 9.93. The van der Waals surface area contributed by atoms with Crippen LogP contribution in [0.4, 0.5) is 0 Å². The molecule has 16 heavy (non-hydrogen) atoms. The summed E-state index contributed by atoms with van der Waals surface area (Å²) >= 11 is 1.74. The Kier molecular flexibility index (Phi) is 5.12. The molecule has 1 rings (SSSR count). The summed E-state index contributed by atoms with van der Waals surface area (Å²) < 4.78 is -0.000804. The van der Waals surface area contributed by atoms with Crippen LogP contribution in [-0.4, -0.2) is 9.57 Å². The van der Waals surface area contributed by atoms with Crippen molar-refractivity contribution in [1.29, 1.82) is 0 Å². The van der Waals surface area contributed by atoms with Gasteiger partial charge < -0.3 is 0 Å². The number of hydrogen-bond donors (Lipinski definition) is 0. The number of hydrogen-bond acceptors (Lipinski definition) is 2. The minimum atomic E-state index is -0.000804. The van der Waals surface area contributed by atoms with Gasteiger partial charge in [-0.3, -0.25) is 9.59 Å². The highest BCUT2D eigenvalue weighted by molar-refractivity contribution is 14.1. The van der Waals surface area contributed by atoms with Crippen molar-refractivity contribution in [2.75, 3.05) is 0 Å². The highest BCUT2D eigenvalue weighted by Gasteiger charge is 2.16. The zero-order valence-corrected chi connectivity index (χ0v) is 11.7. The van der Waals surface area contributed by atoms with E-state index in [1.54, 1.807) is 46.9 Å². The standard InChI is InChI=1S/C13H15IO2/c1-3-9(4-2)12(15)10-5-7-11(8-6-10)13(14)16/h5-9H,3-4H2,1-2H3. The van der Waals surface area contributed by atoms with Gasteiger partial charge in [0.25, 0.3) is 0 Å². The van der Waals surface area contributed by atoms with Crippen LogP contribution in [0.2, 0.25) is 0 Å².